The van der Waals surface area contributed by atoms with Gasteiger partial charge in [0, 0.05) is 12.2 Å². The maximum atomic E-state index is 11.2. The second-order valence-electron chi connectivity index (χ2n) is 4.03. The van der Waals surface area contributed by atoms with E-state index in [1.807, 2.05) is 12.1 Å². The van der Waals surface area contributed by atoms with Gasteiger partial charge in [-0.05, 0) is 25.1 Å². The van der Waals surface area contributed by atoms with Crippen LogP contribution >= 0.6 is 0 Å². The monoisotopic (exact) mass is 273 g/mol. The Hall–Kier alpha value is -2.57. The van der Waals surface area contributed by atoms with Gasteiger partial charge >= 0.3 is 5.97 Å². The molecule has 0 saturated heterocycles. The summed E-state index contributed by atoms with van der Waals surface area (Å²) in [6, 6.07) is 8.53. The molecule has 104 valence electrons. The number of rotatable bonds is 6. The van der Waals surface area contributed by atoms with Crippen LogP contribution in [0.4, 0.5) is 5.69 Å². The number of aliphatic hydroxyl groups excluding tert-OH is 1. The molecule has 0 aliphatic heterocycles. The molecular weight excluding hydrogens is 258 g/mol. The number of aliphatic hydroxyl groups is 1. The number of hydrogen-bond acceptors (Lipinski definition) is 6. The summed E-state index contributed by atoms with van der Waals surface area (Å²) < 4.78 is 4.73. The Morgan fingerprint density at radius 2 is 2.10 bits per heavy atom. The van der Waals surface area contributed by atoms with Gasteiger partial charge in [0.05, 0.1) is 30.3 Å². The van der Waals surface area contributed by atoms with E-state index in [9.17, 15) is 9.90 Å². The van der Waals surface area contributed by atoms with Crippen LogP contribution in [-0.2, 0) is 9.53 Å². The molecule has 1 rings (SSSR count). The fourth-order valence-corrected chi connectivity index (χ4v) is 1.56. The van der Waals surface area contributed by atoms with E-state index in [0.717, 1.165) is 0 Å². The van der Waals surface area contributed by atoms with Crippen LogP contribution in [0.3, 0.4) is 0 Å². The van der Waals surface area contributed by atoms with Crippen LogP contribution in [0.25, 0.3) is 0 Å². The summed E-state index contributed by atoms with van der Waals surface area (Å²) in [6.45, 7) is 2.12. The molecule has 0 aliphatic carbocycles. The molecule has 0 bridgehead atoms. The Morgan fingerprint density at radius 3 is 2.70 bits per heavy atom. The van der Waals surface area contributed by atoms with Gasteiger partial charge in [-0.2, -0.15) is 10.5 Å². The van der Waals surface area contributed by atoms with Gasteiger partial charge in [-0.15, -0.1) is 0 Å². The minimum atomic E-state index is -0.879. The molecule has 20 heavy (non-hydrogen) atoms. The Balaban J connectivity index is 2.56. The molecule has 0 heterocycles. The van der Waals surface area contributed by atoms with Crippen LogP contribution in [0.5, 0.6) is 0 Å². The van der Waals surface area contributed by atoms with Crippen LogP contribution in [-0.4, -0.2) is 30.3 Å². The normalized spacial score (nSPS) is 11.0. The number of nitrogens with zero attached hydrogens (tertiary/aromatic N) is 2. The highest BCUT2D eigenvalue weighted by Gasteiger charge is 2.11. The van der Waals surface area contributed by atoms with Gasteiger partial charge in [0.2, 0.25) is 0 Å². The molecule has 6 nitrogen and oxygen atoms in total. The zero-order valence-corrected chi connectivity index (χ0v) is 11.1. The lowest BCUT2D eigenvalue weighted by Gasteiger charge is -2.12. The Bertz CT molecular complexity index is 558. The predicted octanol–water partition coefficient (Wildman–Crippen LogP) is 1.16. The summed E-state index contributed by atoms with van der Waals surface area (Å²) >= 11 is 0. The third-order valence-electron chi connectivity index (χ3n) is 2.51. The molecule has 6 heteroatoms. The highest BCUT2D eigenvalue weighted by Crippen LogP contribution is 2.14. The fraction of sp³-hybridized carbons (Fsp3) is 0.357. The number of esters is 1. The van der Waals surface area contributed by atoms with E-state index >= 15 is 0 Å². The van der Waals surface area contributed by atoms with Gasteiger partial charge in [0.15, 0.2) is 0 Å². The molecule has 0 amide bonds. The summed E-state index contributed by atoms with van der Waals surface area (Å²) in [6.07, 6.45) is -0.974. The van der Waals surface area contributed by atoms with Gasteiger partial charge in [0.25, 0.3) is 0 Å². The van der Waals surface area contributed by atoms with Crippen molar-refractivity contribution in [3.8, 4) is 12.1 Å². The SMILES string of the molecule is CCOC(=O)CC(O)CNc1ccc(C#N)c(C#N)c1. The van der Waals surface area contributed by atoms with E-state index in [-0.39, 0.29) is 25.1 Å². The third kappa shape index (κ3) is 4.60. The Labute approximate surface area is 117 Å². The zero-order chi connectivity index (χ0) is 15.0. The van der Waals surface area contributed by atoms with Crippen LogP contribution in [0.15, 0.2) is 18.2 Å². The van der Waals surface area contributed by atoms with E-state index in [4.69, 9.17) is 15.3 Å². The quantitative estimate of drug-likeness (QED) is 0.753. The first kappa shape index (κ1) is 15.5. The largest absolute Gasteiger partial charge is 0.466 e. The minimum absolute atomic E-state index is 0.0950. The predicted molar refractivity (Wildman–Crippen MR) is 71.6 cm³/mol. The topological polar surface area (TPSA) is 106 Å². The van der Waals surface area contributed by atoms with Crippen molar-refractivity contribution in [3.63, 3.8) is 0 Å². The summed E-state index contributed by atoms with van der Waals surface area (Å²) in [5.41, 5.74) is 1.16. The molecule has 0 aromatic heterocycles. The van der Waals surface area contributed by atoms with Gasteiger partial charge in [-0.3, -0.25) is 4.79 Å². The number of nitriles is 2. The first-order valence-corrected chi connectivity index (χ1v) is 6.12. The van der Waals surface area contributed by atoms with Gasteiger partial charge in [0.1, 0.15) is 12.1 Å². The molecule has 2 N–H and O–H groups in total. The molecule has 0 fully saturated rings. The van der Waals surface area contributed by atoms with Gasteiger partial charge in [-0.25, -0.2) is 0 Å². The first-order valence-electron chi connectivity index (χ1n) is 6.12. The second kappa shape index (κ2) is 7.78. The van der Waals surface area contributed by atoms with Crippen molar-refractivity contribution < 1.29 is 14.6 Å². The standard InChI is InChI=1S/C14H15N3O3/c1-2-20-14(19)6-13(18)9-17-12-4-3-10(7-15)11(5-12)8-16/h3-5,13,17-18H,2,6,9H2,1H3. The van der Waals surface area contributed by atoms with Crippen molar-refractivity contribution in [2.45, 2.75) is 19.4 Å². The van der Waals surface area contributed by atoms with Crippen molar-refractivity contribution >= 4 is 11.7 Å². The number of hydrogen-bond donors (Lipinski definition) is 2. The van der Waals surface area contributed by atoms with E-state index in [1.165, 1.54) is 12.1 Å². The number of benzene rings is 1. The molecule has 1 aromatic rings. The van der Waals surface area contributed by atoms with Crippen molar-refractivity contribution in [2.75, 3.05) is 18.5 Å². The number of ether oxygens (including phenoxy) is 1. The molecule has 0 saturated carbocycles. The van der Waals surface area contributed by atoms with Crippen LogP contribution in [0, 0.1) is 22.7 Å². The lowest BCUT2D eigenvalue weighted by atomic mass is 10.1. The van der Waals surface area contributed by atoms with E-state index in [1.54, 1.807) is 13.0 Å². The maximum absolute atomic E-state index is 11.2. The lowest BCUT2D eigenvalue weighted by Crippen LogP contribution is -2.23. The summed E-state index contributed by atoms with van der Waals surface area (Å²) in [5.74, 6) is -0.459. The van der Waals surface area contributed by atoms with E-state index in [2.05, 4.69) is 5.32 Å². The maximum Gasteiger partial charge on any atom is 0.308 e. The van der Waals surface area contributed by atoms with E-state index in [0.29, 0.717) is 11.3 Å². The minimum Gasteiger partial charge on any atom is -0.466 e. The second-order valence-corrected chi connectivity index (χ2v) is 4.03. The smallest absolute Gasteiger partial charge is 0.308 e. The average Bonchev–Trinajstić information content (AvgIpc) is 2.44. The fourth-order valence-electron chi connectivity index (χ4n) is 1.56. The number of carbonyl (C=O) groups is 1. The number of nitrogens with one attached hydrogen (secondary N) is 1. The molecule has 0 radical (unpaired) electrons. The highest BCUT2D eigenvalue weighted by atomic mass is 16.5. The highest BCUT2D eigenvalue weighted by molar-refractivity contribution is 5.70. The third-order valence-corrected chi connectivity index (χ3v) is 2.51. The number of carbonyl (C=O) groups excluding carboxylic acids is 1. The Kier molecular flexibility index (Phi) is 6.02. The van der Waals surface area contributed by atoms with Crippen molar-refractivity contribution in [2.24, 2.45) is 0 Å². The molecule has 1 unspecified atom stereocenters. The summed E-state index contributed by atoms with van der Waals surface area (Å²) in [5, 5.41) is 30.2. The molecular formula is C14H15N3O3. The van der Waals surface area contributed by atoms with Crippen molar-refractivity contribution in [1.29, 1.82) is 10.5 Å². The van der Waals surface area contributed by atoms with E-state index < -0.39 is 12.1 Å². The number of anilines is 1. The molecule has 1 aromatic carbocycles. The Morgan fingerprint density at radius 1 is 1.40 bits per heavy atom. The lowest BCUT2D eigenvalue weighted by molar-refractivity contribution is -0.145. The molecule has 0 spiro atoms. The first-order chi connectivity index (χ1) is 9.60. The van der Waals surface area contributed by atoms with Gasteiger partial charge in [-0.1, -0.05) is 0 Å². The van der Waals surface area contributed by atoms with Crippen molar-refractivity contribution in [3.05, 3.63) is 29.3 Å². The molecule has 1 atom stereocenters. The van der Waals surface area contributed by atoms with Crippen LogP contribution in [0.2, 0.25) is 0 Å². The van der Waals surface area contributed by atoms with Crippen LogP contribution < -0.4 is 5.32 Å². The average molecular weight is 273 g/mol. The van der Waals surface area contributed by atoms with Gasteiger partial charge < -0.3 is 15.2 Å². The molecule has 0 aliphatic rings. The van der Waals surface area contributed by atoms with Crippen LogP contribution in [0.1, 0.15) is 24.5 Å². The van der Waals surface area contributed by atoms with Crippen molar-refractivity contribution in [1.82, 2.24) is 0 Å². The summed E-state index contributed by atoms with van der Waals surface area (Å²) in [7, 11) is 0. The zero-order valence-electron chi connectivity index (χ0n) is 11.1. The summed E-state index contributed by atoms with van der Waals surface area (Å²) in [4.78, 5) is 11.2.